The molecule has 166 valence electrons. The van der Waals surface area contributed by atoms with Gasteiger partial charge >= 0.3 is 5.97 Å². The Hall–Kier alpha value is -2.12. The summed E-state index contributed by atoms with van der Waals surface area (Å²) in [6.07, 6.45) is 2.84. The second-order valence-corrected chi connectivity index (χ2v) is 9.74. The molecule has 5 atom stereocenters. The van der Waals surface area contributed by atoms with E-state index < -0.39 is 24.5 Å². The zero-order valence-corrected chi connectivity index (χ0v) is 18.8. The van der Waals surface area contributed by atoms with Crippen molar-refractivity contribution in [1.29, 1.82) is 0 Å². The maximum absolute atomic E-state index is 13.1. The van der Waals surface area contributed by atoms with Gasteiger partial charge in [0.05, 0.1) is 22.5 Å². The Morgan fingerprint density at radius 2 is 1.74 bits per heavy atom. The van der Waals surface area contributed by atoms with E-state index in [0.29, 0.717) is 15.7 Å². The Bertz CT molecular complexity index is 922. The SMILES string of the molecule is CC(C)[C@H](C(=O)OCC(=O)Nc1cc(Cl)ccc1Cl)N1C(=O)[C@H]2[C@H]3CC[C@@H](C3)[C@@H]2C1=O. The fraction of sp³-hybridized carbons (Fsp3) is 0.545. The highest BCUT2D eigenvalue weighted by molar-refractivity contribution is 6.35. The molecule has 2 aliphatic carbocycles. The Balaban J connectivity index is 1.42. The Morgan fingerprint density at radius 3 is 2.32 bits per heavy atom. The van der Waals surface area contributed by atoms with Crippen LogP contribution in [0.2, 0.25) is 10.0 Å². The number of likely N-dealkylation sites (tertiary alicyclic amines) is 1. The Labute approximate surface area is 190 Å². The van der Waals surface area contributed by atoms with Crippen molar-refractivity contribution in [2.75, 3.05) is 11.9 Å². The zero-order valence-electron chi connectivity index (χ0n) is 17.3. The highest BCUT2D eigenvalue weighted by Crippen LogP contribution is 2.56. The number of amides is 3. The highest BCUT2D eigenvalue weighted by Gasteiger charge is 2.62. The largest absolute Gasteiger partial charge is 0.454 e. The first-order valence-corrected chi connectivity index (χ1v) is 11.2. The second kappa shape index (κ2) is 8.43. The number of hydrogen-bond donors (Lipinski definition) is 1. The van der Waals surface area contributed by atoms with E-state index in [2.05, 4.69) is 5.32 Å². The van der Waals surface area contributed by atoms with Crippen LogP contribution in [0.5, 0.6) is 0 Å². The lowest BCUT2D eigenvalue weighted by Crippen LogP contribution is -2.50. The van der Waals surface area contributed by atoms with Crippen LogP contribution in [0.3, 0.4) is 0 Å². The molecule has 1 aromatic carbocycles. The molecule has 7 nitrogen and oxygen atoms in total. The van der Waals surface area contributed by atoms with Gasteiger partial charge in [0, 0.05) is 5.02 Å². The summed E-state index contributed by atoms with van der Waals surface area (Å²) in [6, 6.07) is 3.55. The summed E-state index contributed by atoms with van der Waals surface area (Å²) >= 11 is 11.9. The Morgan fingerprint density at radius 1 is 1.13 bits per heavy atom. The molecule has 0 radical (unpaired) electrons. The number of fused-ring (bicyclic) bond motifs is 5. The van der Waals surface area contributed by atoms with Gasteiger partial charge in [-0.15, -0.1) is 0 Å². The number of carbonyl (C=O) groups excluding carboxylic acids is 4. The number of esters is 1. The maximum atomic E-state index is 13.1. The summed E-state index contributed by atoms with van der Waals surface area (Å²) in [4.78, 5) is 52.3. The molecular formula is C22H24Cl2N2O5. The van der Waals surface area contributed by atoms with E-state index in [0.717, 1.165) is 24.2 Å². The van der Waals surface area contributed by atoms with Gasteiger partial charge in [-0.25, -0.2) is 4.79 Å². The minimum Gasteiger partial charge on any atom is -0.454 e. The molecule has 4 rings (SSSR count). The van der Waals surface area contributed by atoms with Gasteiger partial charge < -0.3 is 10.1 Å². The van der Waals surface area contributed by atoms with E-state index >= 15 is 0 Å². The summed E-state index contributed by atoms with van der Waals surface area (Å²) in [5.74, 6) is -2.42. The van der Waals surface area contributed by atoms with Gasteiger partial charge in [-0.2, -0.15) is 0 Å². The second-order valence-electron chi connectivity index (χ2n) is 8.90. The lowest BCUT2D eigenvalue weighted by atomic mass is 9.81. The summed E-state index contributed by atoms with van der Waals surface area (Å²) in [5.41, 5.74) is 0.295. The molecular weight excluding hydrogens is 443 g/mol. The van der Waals surface area contributed by atoms with E-state index in [1.165, 1.54) is 12.1 Å². The topological polar surface area (TPSA) is 92.8 Å². The molecule has 0 spiro atoms. The standard InChI is InChI=1S/C22H24Cl2N2O5/c1-10(2)19(26-20(28)17-11-3-4-12(7-11)18(17)21(26)29)22(30)31-9-16(27)25-15-8-13(23)5-6-14(15)24/h5-6,8,10-12,17-19H,3-4,7,9H2,1-2H3,(H,25,27)/t11-,12-,17-,18-,19+/m0/s1. The van der Waals surface area contributed by atoms with E-state index in [1.54, 1.807) is 19.9 Å². The van der Waals surface area contributed by atoms with Crippen molar-refractivity contribution in [1.82, 2.24) is 4.90 Å². The number of hydrogen-bond acceptors (Lipinski definition) is 5. The molecule has 1 N–H and O–H groups in total. The number of anilines is 1. The minimum atomic E-state index is -1.05. The van der Waals surface area contributed by atoms with Gasteiger partial charge in [0.1, 0.15) is 6.04 Å². The van der Waals surface area contributed by atoms with Gasteiger partial charge in [0.15, 0.2) is 6.61 Å². The number of nitrogens with one attached hydrogen (secondary N) is 1. The van der Waals surface area contributed by atoms with Crippen LogP contribution in [0.4, 0.5) is 5.69 Å². The number of nitrogens with zero attached hydrogens (tertiary/aromatic N) is 1. The molecule has 1 aliphatic heterocycles. The normalized spacial score (nSPS) is 27.6. The summed E-state index contributed by atoms with van der Waals surface area (Å²) in [6.45, 7) is 2.93. The average molecular weight is 467 g/mol. The zero-order chi connectivity index (χ0) is 22.4. The first kappa shape index (κ1) is 22.1. The van der Waals surface area contributed by atoms with Crippen LogP contribution in [-0.4, -0.2) is 41.2 Å². The summed E-state index contributed by atoms with van der Waals surface area (Å²) in [7, 11) is 0. The summed E-state index contributed by atoms with van der Waals surface area (Å²) in [5, 5.41) is 3.22. The van der Waals surface area contributed by atoms with Crippen molar-refractivity contribution in [3.05, 3.63) is 28.2 Å². The number of carbonyl (C=O) groups is 4. The van der Waals surface area contributed by atoms with Gasteiger partial charge in [-0.05, 0) is 55.2 Å². The van der Waals surface area contributed by atoms with Crippen LogP contribution in [0.15, 0.2) is 18.2 Å². The molecule has 31 heavy (non-hydrogen) atoms. The number of halogens is 2. The first-order chi connectivity index (χ1) is 14.7. The smallest absolute Gasteiger partial charge is 0.330 e. The monoisotopic (exact) mass is 466 g/mol. The molecule has 1 aromatic rings. The van der Waals surface area contributed by atoms with Crippen LogP contribution >= 0.6 is 23.2 Å². The maximum Gasteiger partial charge on any atom is 0.330 e. The molecule has 1 heterocycles. The van der Waals surface area contributed by atoms with E-state index in [9.17, 15) is 19.2 Å². The van der Waals surface area contributed by atoms with Crippen LogP contribution in [0, 0.1) is 29.6 Å². The molecule has 0 unspecified atom stereocenters. The van der Waals surface area contributed by atoms with E-state index in [4.69, 9.17) is 27.9 Å². The number of ether oxygens (including phenoxy) is 1. The molecule has 0 aromatic heterocycles. The predicted molar refractivity (Wildman–Crippen MR) is 114 cm³/mol. The minimum absolute atomic E-state index is 0.230. The summed E-state index contributed by atoms with van der Waals surface area (Å²) < 4.78 is 5.20. The van der Waals surface area contributed by atoms with Gasteiger partial charge in [-0.3, -0.25) is 19.3 Å². The van der Waals surface area contributed by atoms with Crippen molar-refractivity contribution >= 4 is 52.6 Å². The molecule has 2 saturated carbocycles. The predicted octanol–water partition coefficient (Wildman–Crippen LogP) is 3.53. The molecule has 2 bridgehead atoms. The van der Waals surface area contributed by atoms with Gasteiger partial charge in [0.2, 0.25) is 11.8 Å². The molecule has 3 fully saturated rings. The van der Waals surface area contributed by atoms with E-state index in [1.807, 2.05) is 0 Å². The Kier molecular flexibility index (Phi) is 6.01. The lowest BCUT2D eigenvalue weighted by molar-refractivity contribution is -0.162. The van der Waals surface area contributed by atoms with Crippen LogP contribution in [0.1, 0.15) is 33.1 Å². The van der Waals surface area contributed by atoms with Crippen LogP contribution in [-0.2, 0) is 23.9 Å². The third kappa shape index (κ3) is 3.94. The number of benzene rings is 1. The molecule has 9 heteroatoms. The molecule has 3 aliphatic rings. The van der Waals surface area contributed by atoms with Crippen molar-refractivity contribution in [2.24, 2.45) is 29.6 Å². The first-order valence-electron chi connectivity index (χ1n) is 10.5. The van der Waals surface area contributed by atoms with E-state index in [-0.39, 0.29) is 41.4 Å². The molecule has 1 saturated heterocycles. The van der Waals surface area contributed by atoms with Gasteiger partial charge in [-0.1, -0.05) is 37.0 Å². The fourth-order valence-electron chi connectivity index (χ4n) is 5.38. The van der Waals surface area contributed by atoms with Crippen molar-refractivity contribution in [3.8, 4) is 0 Å². The fourth-order valence-corrected chi connectivity index (χ4v) is 5.72. The van der Waals surface area contributed by atoms with Crippen molar-refractivity contribution < 1.29 is 23.9 Å². The quantitative estimate of drug-likeness (QED) is 0.511. The van der Waals surface area contributed by atoms with Crippen molar-refractivity contribution in [3.63, 3.8) is 0 Å². The third-order valence-electron chi connectivity index (χ3n) is 6.66. The lowest BCUT2D eigenvalue weighted by Gasteiger charge is -2.28. The third-order valence-corrected chi connectivity index (χ3v) is 7.23. The molecule has 3 amide bonds. The number of imide groups is 1. The highest BCUT2D eigenvalue weighted by atomic mass is 35.5. The average Bonchev–Trinajstić information content (AvgIpc) is 3.39. The van der Waals surface area contributed by atoms with Gasteiger partial charge in [0.25, 0.3) is 5.91 Å². The van der Waals surface area contributed by atoms with Crippen molar-refractivity contribution in [2.45, 2.75) is 39.2 Å². The van der Waals surface area contributed by atoms with Crippen LogP contribution < -0.4 is 5.32 Å². The van der Waals surface area contributed by atoms with Crippen LogP contribution in [0.25, 0.3) is 0 Å². The number of rotatable bonds is 6.